The Balaban J connectivity index is 2.06. The molecule has 0 aliphatic carbocycles. The molecule has 1 aromatic carbocycles. The molecule has 0 spiro atoms. The van der Waals surface area contributed by atoms with Gasteiger partial charge in [-0.15, -0.1) is 0 Å². The van der Waals surface area contributed by atoms with Crippen LogP contribution in [0.15, 0.2) is 24.3 Å². The van der Waals surface area contributed by atoms with Crippen molar-refractivity contribution in [3.05, 3.63) is 29.8 Å². The van der Waals surface area contributed by atoms with Crippen molar-refractivity contribution in [2.45, 2.75) is 39.7 Å². The van der Waals surface area contributed by atoms with Gasteiger partial charge < -0.3 is 14.7 Å². The maximum absolute atomic E-state index is 12.6. The molecule has 1 N–H and O–H groups in total. The average molecular weight is 319 g/mol. The minimum atomic E-state index is -0.827. The minimum Gasteiger partial charge on any atom is -0.491 e. The highest BCUT2D eigenvalue weighted by Gasteiger charge is 2.32. The third kappa shape index (κ3) is 4.47. The number of amides is 1. The van der Waals surface area contributed by atoms with Gasteiger partial charge in [-0.2, -0.15) is 0 Å². The monoisotopic (exact) mass is 319 g/mol. The molecule has 1 fully saturated rings. The molecule has 5 heteroatoms. The number of carboxylic acid groups (broad SMARTS) is 1. The van der Waals surface area contributed by atoms with Crippen LogP contribution >= 0.6 is 0 Å². The van der Waals surface area contributed by atoms with Gasteiger partial charge in [0.1, 0.15) is 5.75 Å². The second-order valence-electron chi connectivity index (χ2n) is 6.45. The summed E-state index contributed by atoms with van der Waals surface area (Å²) < 4.78 is 5.71. The van der Waals surface area contributed by atoms with E-state index >= 15 is 0 Å². The van der Waals surface area contributed by atoms with Gasteiger partial charge in [-0.05, 0) is 49.9 Å². The summed E-state index contributed by atoms with van der Waals surface area (Å²) in [6, 6.07) is 7.08. The molecular weight excluding hydrogens is 294 g/mol. The van der Waals surface area contributed by atoms with E-state index in [1.807, 2.05) is 13.8 Å². The van der Waals surface area contributed by atoms with Gasteiger partial charge in [0.15, 0.2) is 0 Å². The number of carbonyl (C=O) groups is 2. The predicted octanol–water partition coefficient (Wildman–Crippen LogP) is 3.05. The van der Waals surface area contributed by atoms with Crippen molar-refractivity contribution in [3.8, 4) is 5.75 Å². The molecule has 5 nitrogen and oxygen atoms in total. The number of nitrogens with zero attached hydrogens (tertiary/aromatic N) is 1. The molecule has 1 aliphatic rings. The average Bonchev–Trinajstić information content (AvgIpc) is 2.54. The van der Waals surface area contributed by atoms with E-state index in [-0.39, 0.29) is 24.5 Å². The van der Waals surface area contributed by atoms with Crippen molar-refractivity contribution in [3.63, 3.8) is 0 Å². The fraction of sp³-hybridized carbons (Fsp3) is 0.556. The third-order valence-corrected chi connectivity index (χ3v) is 4.31. The molecule has 23 heavy (non-hydrogen) atoms. The molecule has 2 rings (SSSR count). The first-order valence-electron chi connectivity index (χ1n) is 8.19. The van der Waals surface area contributed by atoms with Gasteiger partial charge in [0.25, 0.3) is 5.91 Å². The molecule has 126 valence electrons. The zero-order valence-electron chi connectivity index (χ0n) is 14.0. The van der Waals surface area contributed by atoms with E-state index in [2.05, 4.69) is 6.92 Å². The van der Waals surface area contributed by atoms with E-state index in [4.69, 9.17) is 4.74 Å². The van der Waals surface area contributed by atoms with Crippen LogP contribution in [0.2, 0.25) is 0 Å². The van der Waals surface area contributed by atoms with Gasteiger partial charge in [-0.25, -0.2) is 0 Å². The normalized spacial score (nSPS) is 22.5. The van der Waals surface area contributed by atoms with Gasteiger partial charge >= 0.3 is 5.97 Å². The number of benzene rings is 1. The zero-order valence-corrected chi connectivity index (χ0v) is 14.0. The fourth-order valence-electron chi connectivity index (χ4n) is 2.87. The number of rotatable bonds is 5. The van der Waals surface area contributed by atoms with Gasteiger partial charge in [0.2, 0.25) is 0 Å². The summed E-state index contributed by atoms with van der Waals surface area (Å²) in [6.45, 7) is 6.93. The molecule has 3 unspecified atom stereocenters. The minimum absolute atomic E-state index is 0.113. The van der Waals surface area contributed by atoms with Crippen molar-refractivity contribution in [1.29, 1.82) is 0 Å². The lowest BCUT2D eigenvalue weighted by Crippen LogP contribution is -2.45. The van der Waals surface area contributed by atoms with Gasteiger partial charge in [0.05, 0.1) is 12.0 Å². The Hall–Kier alpha value is -2.04. The van der Waals surface area contributed by atoms with Crippen LogP contribution in [-0.4, -0.2) is 41.1 Å². The molecule has 0 aromatic heterocycles. The Morgan fingerprint density at radius 2 is 1.96 bits per heavy atom. The van der Waals surface area contributed by atoms with E-state index < -0.39 is 11.9 Å². The largest absolute Gasteiger partial charge is 0.491 e. The number of carboxylic acids is 1. The van der Waals surface area contributed by atoms with Gasteiger partial charge in [0, 0.05) is 18.7 Å². The Bertz CT molecular complexity index is 555. The van der Waals surface area contributed by atoms with E-state index in [0.29, 0.717) is 18.5 Å². The fourth-order valence-corrected chi connectivity index (χ4v) is 2.87. The van der Waals surface area contributed by atoms with Crippen LogP contribution in [-0.2, 0) is 4.79 Å². The number of ether oxygens (including phenoxy) is 1. The lowest BCUT2D eigenvalue weighted by molar-refractivity contribution is -0.143. The maximum Gasteiger partial charge on any atom is 0.308 e. The topological polar surface area (TPSA) is 66.8 Å². The number of piperidine rings is 1. The molecule has 1 saturated heterocycles. The molecule has 1 amide bonds. The molecule has 0 bridgehead atoms. The smallest absolute Gasteiger partial charge is 0.308 e. The van der Waals surface area contributed by atoms with Crippen molar-refractivity contribution >= 4 is 11.9 Å². The molecular formula is C18H25NO4. The number of hydrogen-bond acceptors (Lipinski definition) is 3. The Morgan fingerprint density at radius 1 is 1.30 bits per heavy atom. The van der Waals surface area contributed by atoms with Crippen LogP contribution < -0.4 is 4.74 Å². The van der Waals surface area contributed by atoms with Crippen LogP contribution in [0.5, 0.6) is 5.75 Å². The molecule has 1 aromatic rings. The first kappa shape index (κ1) is 17.3. The van der Waals surface area contributed by atoms with Crippen molar-refractivity contribution in [2.75, 3.05) is 13.1 Å². The lowest BCUT2D eigenvalue weighted by atomic mass is 9.90. The van der Waals surface area contributed by atoms with Crippen molar-refractivity contribution < 1.29 is 19.4 Å². The predicted molar refractivity (Wildman–Crippen MR) is 87.6 cm³/mol. The van der Waals surface area contributed by atoms with Crippen molar-refractivity contribution in [2.24, 2.45) is 11.8 Å². The highest BCUT2D eigenvalue weighted by Crippen LogP contribution is 2.24. The number of aliphatic carboxylic acids is 1. The summed E-state index contributed by atoms with van der Waals surface area (Å²) >= 11 is 0. The molecule has 0 radical (unpaired) electrons. The summed E-state index contributed by atoms with van der Waals surface area (Å²) in [7, 11) is 0. The number of carbonyl (C=O) groups excluding carboxylic acids is 1. The van der Waals surface area contributed by atoms with Crippen LogP contribution in [0.3, 0.4) is 0 Å². The third-order valence-electron chi connectivity index (χ3n) is 4.31. The highest BCUT2D eigenvalue weighted by atomic mass is 16.5. The Kier molecular flexibility index (Phi) is 5.64. The summed E-state index contributed by atoms with van der Waals surface area (Å²) in [6.07, 6.45) is 1.68. The van der Waals surface area contributed by atoms with Gasteiger partial charge in [-0.3, -0.25) is 9.59 Å². The Labute approximate surface area is 137 Å². The molecule has 1 heterocycles. The Morgan fingerprint density at radius 3 is 2.52 bits per heavy atom. The van der Waals surface area contributed by atoms with Crippen LogP contribution in [0.25, 0.3) is 0 Å². The zero-order chi connectivity index (χ0) is 17.0. The summed E-state index contributed by atoms with van der Waals surface area (Å²) in [5.41, 5.74) is 0.569. The lowest BCUT2D eigenvalue weighted by Gasteiger charge is -2.34. The standard InChI is InChI=1S/C18H25NO4/c1-4-13(3)23-16-7-5-14(6-8-16)17(20)19-10-12(2)9-15(11-19)18(21)22/h5-8,12-13,15H,4,9-11H2,1-3H3,(H,21,22). The summed E-state index contributed by atoms with van der Waals surface area (Å²) in [4.78, 5) is 25.5. The summed E-state index contributed by atoms with van der Waals surface area (Å²) in [5, 5.41) is 9.22. The molecule has 1 aliphatic heterocycles. The van der Waals surface area contributed by atoms with E-state index in [1.165, 1.54) is 0 Å². The second-order valence-corrected chi connectivity index (χ2v) is 6.45. The second kappa shape index (κ2) is 7.49. The highest BCUT2D eigenvalue weighted by molar-refractivity contribution is 5.94. The van der Waals surface area contributed by atoms with Crippen LogP contribution in [0, 0.1) is 11.8 Å². The molecule has 3 atom stereocenters. The van der Waals surface area contributed by atoms with E-state index in [1.54, 1.807) is 29.2 Å². The van der Waals surface area contributed by atoms with Crippen molar-refractivity contribution in [1.82, 2.24) is 4.90 Å². The number of hydrogen-bond donors (Lipinski definition) is 1. The van der Waals surface area contributed by atoms with Gasteiger partial charge in [-0.1, -0.05) is 13.8 Å². The van der Waals surface area contributed by atoms with E-state index in [0.717, 1.165) is 12.2 Å². The first-order valence-corrected chi connectivity index (χ1v) is 8.19. The quantitative estimate of drug-likeness (QED) is 0.906. The van der Waals surface area contributed by atoms with Crippen LogP contribution in [0.1, 0.15) is 44.0 Å². The number of likely N-dealkylation sites (tertiary alicyclic amines) is 1. The molecule has 0 saturated carbocycles. The summed E-state index contributed by atoms with van der Waals surface area (Å²) in [5.74, 6) is -0.478. The maximum atomic E-state index is 12.6. The SMILES string of the molecule is CCC(C)Oc1ccc(C(=O)N2CC(C)CC(C(=O)O)C2)cc1. The van der Waals surface area contributed by atoms with Crippen LogP contribution in [0.4, 0.5) is 0 Å². The van der Waals surface area contributed by atoms with E-state index in [9.17, 15) is 14.7 Å². The first-order chi connectivity index (χ1) is 10.9.